The van der Waals surface area contributed by atoms with Gasteiger partial charge in [0.2, 0.25) is 0 Å². The quantitative estimate of drug-likeness (QED) is 0.685. The Kier molecular flexibility index (Phi) is 2.76. The third-order valence-electron chi connectivity index (χ3n) is 2.86. The summed E-state index contributed by atoms with van der Waals surface area (Å²) < 4.78 is 0. The normalized spacial score (nSPS) is 10.6. The fourth-order valence-corrected chi connectivity index (χ4v) is 1.90. The molecule has 3 rings (SSSR count). The Morgan fingerprint density at radius 2 is 1.84 bits per heavy atom. The number of aromatic nitrogens is 2. The van der Waals surface area contributed by atoms with Gasteiger partial charge in [0.1, 0.15) is 11.6 Å². The molecule has 0 atom stereocenters. The minimum Gasteiger partial charge on any atom is -0.506 e. The second-order valence-corrected chi connectivity index (χ2v) is 4.39. The van der Waals surface area contributed by atoms with E-state index >= 15 is 0 Å². The molecule has 0 bridgehead atoms. The molecule has 0 aliphatic carbocycles. The van der Waals surface area contributed by atoms with E-state index in [9.17, 15) is 5.11 Å². The SMILES string of the molecule is Cc1ccc(Nc2cnc3ccccc3n2)c(O)c1. The van der Waals surface area contributed by atoms with Gasteiger partial charge in [-0.1, -0.05) is 18.2 Å². The number of nitrogens with one attached hydrogen (secondary N) is 1. The van der Waals surface area contributed by atoms with Crippen LogP contribution in [0.4, 0.5) is 11.5 Å². The summed E-state index contributed by atoms with van der Waals surface area (Å²) in [6.07, 6.45) is 1.65. The fraction of sp³-hybridized carbons (Fsp3) is 0.0667. The zero-order valence-corrected chi connectivity index (χ0v) is 10.5. The zero-order chi connectivity index (χ0) is 13.2. The number of rotatable bonds is 2. The molecule has 1 aromatic heterocycles. The number of phenols is 1. The van der Waals surface area contributed by atoms with Crippen LogP contribution in [0.3, 0.4) is 0 Å². The van der Waals surface area contributed by atoms with Crippen molar-refractivity contribution in [3.05, 3.63) is 54.2 Å². The highest BCUT2D eigenvalue weighted by Crippen LogP contribution is 2.26. The molecule has 0 aliphatic heterocycles. The standard InChI is InChI=1S/C15H13N3O/c1-10-6-7-13(14(19)8-10)18-15-9-16-11-4-2-3-5-12(11)17-15/h2-9,19H,1H3,(H,17,18). The van der Waals surface area contributed by atoms with Crippen molar-refractivity contribution < 1.29 is 5.11 Å². The maximum atomic E-state index is 9.86. The lowest BCUT2D eigenvalue weighted by molar-refractivity contribution is 0.477. The van der Waals surface area contributed by atoms with Crippen molar-refractivity contribution in [2.45, 2.75) is 6.92 Å². The molecule has 19 heavy (non-hydrogen) atoms. The van der Waals surface area contributed by atoms with Gasteiger partial charge in [0.25, 0.3) is 0 Å². The number of nitrogens with zero attached hydrogens (tertiary/aromatic N) is 2. The molecule has 0 saturated carbocycles. The number of phenolic OH excluding ortho intramolecular Hbond substituents is 1. The van der Waals surface area contributed by atoms with Crippen LogP contribution in [0.2, 0.25) is 0 Å². The first-order valence-corrected chi connectivity index (χ1v) is 6.01. The molecule has 2 N–H and O–H groups in total. The Labute approximate surface area is 110 Å². The second kappa shape index (κ2) is 4.57. The number of fused-ring (bicyclic) bond motifs is 1. The largest absolute Gasteiger partial charge is 0.506 e. The third-order valence-corrected chi connectivity index (χ3v) is 2.86. The first-order valence-electron chi connectivity index (χ1n) is 6.01. The van der Waals surface area contributed by atoms with E-state index < -0.39 is 0 Å². The Morgan fingerprint density at radius 3 is 2.63 bits per heavy atom. The zero-order valence-electron chi connectivity index (χ0n) is 10.5. The maximum absolute atomic E-state index is 9.86. The summed E-state index contributed by atoms with van der Waals surface area (Å²) in [5, 5.41) is 12.9. The molecule has 94 valence electrons. The first kappa shape index (κ1) is 11.5. The maximum Gasteiger partial charge on any atom is 0.149 e. The topological polar surface area (TPSA) is 58.0 Å². The van der Waals surface area contributed by atoms with E-state index in [0.717, 1.165) is 16.6 Å². The van der Waals surface area contributed by atoms with Gasteiger partial charge in [-0.15, -0.1) is 0 Å². The number of aryl methyl sites for hydroxylation is 1. The van der Waals surface area contributed by atoms with Crippen LogP contribution in [-0.4, -0.2) is 15.1 Å². The summed E-state index contributed by atoms with van der Waals surface area (Å²) in [5.74, 6) is 0.813. The summed E-state index contributed by atoms with van der Waals surface area (Å²) >= 11 is 0. The van der Waals surface area contributed by atoms with E-state index in [1.807, 2.05) is 43.3 Å². The first-order chi connectivity index (χ1) is 9.22. The summed E-state index contributed by atoms with van der Waals surface area (Å²) in [7, 11) is 0. The predicted octanol–water partition coefficient (Wildman–Crippen LogP) is 3.39. The highest BCUT2D eigenvalue weighted by atomic mass is 16.3. The van der Waals surface area contributed by atoms with Crippen LogP contribution < -0.4 is 5.32 Å². The molecule has 0 unspecified atom stereocenters. The number of hydrogen-bond acceptors (Lipinski definition) is 4. The average Bonchev–Trinajstić information content (AvgIpc) is 2.42. The number of aromatic hydroxyl groups is 1. The molecule has 3 aromatic rings. The van der Waals surface area contributed by atoms with Crippen molar-refractivity contribution in [1.82, 2.24) is 9.97 Å². The van der Waals surface area contributed by atoms with Crippen LogP contribution in [0.15, 0.2) is 48.7 Å². The molecule has 2 aromatic carbocycles. The van der Waals surface area contributed by atoms with Gasteiger partial charge in [-0.3, -0.25) is 4.98 Å². The molecule has 0 fully saturated rings. The highest BCUT2D eigenvalue weighted by molar-refractivity contribution is 5.76. The van der Waals surface area contributed by atoms with Crippen molar-refractivity contribution in [1.29, 1.82) is 0 Å². The Morgan fingerprint density at radius 1 is 1.05 bits per heavy atom. The van der Waals surface area contributed by atoms with Gasteiger partial charge in [0.15, 0.2) is 0 Å². The number of para-hydroxylation sites is 2. The Bertz CT molecular complexity index is 740. The number of benzene rings is 2. The fourth-order valence-electron chi connectivity index (χ4n) is 1.90. The minimum atomic E-state index is 0.204. The van der Waals surface area contributed by atoms with Crippen LogP contribution in [0, 0.1) is 6.92 Å². The van der Waals surface area contributed by atoms with E-state index in [1.165, 1.54) is 0 Å². The van der Waals surface area contributed by atoms with Crippen LogP contribution in [0.25, 0.3) is 11.0 Å². The van der Waals surface area contributed by atoms with E-state index in [0.29, 0.717) is 11.5 Å². The van der Waals surface area contributed by atoms with Gasteiger partial charge in [-0.2, -0.15) is 0 Å². The predicted molar refractivity (Wildman–Crippen MR) is 75.7 cm³/mol. The van der Waals surface area contributed by atoms with Crippen LogP contribution in [-0.2, 0) is 0 Å². The van der Waals surface area contributed by atoms with Crippen molar-refractivity contribution in [3.8, 4) is 5.75 Å². The van der Waals surface area contributed by atoms with Gasteiger partial charge in [-0.25, -0.2) is 4.98 Å². The molecule has 0 saturated heterocycles. The molecule has 0 aliphatic rings. The number of anilines is 2. The Balaban J connectivity index is 1.96. The molecule has 4 heteroatoms. The highest BCUT2D eigenvalue weighted by Gasteiger charge is 2.04. The lowest BCUT2D eigenvalue weighted by Gasteiger charge is -2.08. The lowest BCUT2D eigenvalue weighted by atomic mass is 10.2. The van der Waals surface area contributed by atoms with Crippen molar-refractivity contribution in [2.75, 3.05) is 5.32 Å². The van der Waals surface area contributed by atoms with Gasteiger partial charge in [0, 0.05) is 0 Å². The second-order valence-electron chi connectivity index (χ2n) is 4.39. The smallest absolute Gasteiger partial charge is 0.149 e. The molecular weight excluding hydrogens is 238 g/mol. The minimum absolute atomic E-state index is 0.204. The van der Waals surface area contributed by atoms with Gasteiger partial charge < -0.3 is 10.4 Å². The van der Waals surface area contributed by atoms with Crippen LogP contribution in [0.1, 0.15) is 5.56 Å². The van der Waals surface area contributed by atoms with Crippen molar-refractivity contribution in [2.24, 2.45) is 0 Å². The van der Waals surface area contributed by atoms with Gasteiger partial charge in [-0.05, 0) is 36.8 Å². The molecule has 1 heterocycles. The molecule has 4 nitrogen and oxygen atoms in total. The molecule has 0 radical (unpaired) electrons. The third kappa shape index (κ3) is 2.33. The molecule has 0 amide bonds. The van der Waals surface area contributed by atoms with E-state index in [1.54, 1.807) is 12.3 Å². The van der Waals surface area contributed by atoms with Crippen molar-refractivity contribution >= 4 is 22.5 Å². The number of hydrogen-bond donors (Lipinski definition) is 2. The van der Waals surface area contributed by atoms with E-state index in [4.69, 9.17) is 0 Å². The van der Waals surface area contributed by atoms with E-state index in [2.05, 4.69) is 15.3 Å². The van der Waals surface area contributed by atoms with Crippen molar-refractivity contribution in [3.63, 3.8) is 0 Å². The summed E-state index contributed by atoms with van der Waals surface area (Å²) in [5.41, 5.74) is 3.29. The molecule has 0 spiro atoms. The van der Waals surface area contributed by atoms with E-state index in [-0.39, 0.29) is 5.75 Å². The molecular formula is C15H13N3O. The lowest BCUT2D eigenvalue weighted by Crippen LogP contribution is -1.95. The summed E-state index contributed by atoms with van der Waals surface area (Å²) in [4.78, 5) is 8.77. The van der Waals surface area contributed by atoms with Gasteiger partial charge >= 0.3 is 0 Å². The average molecular weight is 251 g/mol. The Hall–Kier alpha value is -2.62. The monoisotopic (exact) mass is 251 g/mol. The van der Waals surface area contributed by atoms with Gasteiger partial charge in [0.05, 0.1) is 22.9 Å². The van der Waals surface area contributed by atoms with Crippen LogP contribution >= 0.6 is 0 Å². The summed E-state index contributed by atoms with van der Waals surface area (Å²) in [6, 6.07) is 13.1. The van der Waals surface area contributed by atoms with Crippen LogP contribution in [0.5, 0.6) is 5.75 Å². The summed E-state index contributed by atoms with van der Waals surface area (Å²) in [6.45, 7) is 1.93.